The fourth-order valence-corrected chi connectivity index (χ4v) is 4.89. The second kappa shape index (κ2) is 8.20. The van der Waals surface area contributed by atoms with E-state index in [4.69, 9.17) is 21.1 Å². The first-order valence-corrected chi connectivity index (χ1v) is 11.0. The first kappa shape index (κ1) is 19.8. The number of aromatic nitrogens is 1. The highest BCUT2D eigenvalue weighted by atomic mass is 35.5. The molecule has 2 amide bonds. The van der Waals surface area contributed by atoms with Crippen LogP contribution in [0.15, 0.2) is 42.5 Å². The monoisotopic (exact) mass is 455 g/mol. The van der Waals surface area contributed by atoms with Crippen molar-refractivity contribution < 1.29 is 19.1 Å². The van der Waals surface area contributed by atoms with Crippen LogP contribution in [0.4, 0.5) is 10.8 Å². The molecular formula is C22H18ClN3O4S. The molecule has 1 unspecified atom stereocenters. The van der Waals surface area contributed by atoms with Crippen LogP contribution in [0.25, 0.3) is 0 Å². The highest BCUT2D eigenvalue weighted by Gasteiger charge is 2.31. The van der Waals surface area contributed by atoms with Gasteiger partial charge in [-0.3, -0.25) is 14.9 Å². The Bertz CT molecular complexity index is 1160. The number of amides is 2. The third-order valence-corrected chi connectivity index (χ3v) is 6.54. The number of ether oxygens (including phenoxy) is 2. The van der Waals surface area contributed by atoms with Crippen LogP contribution in [0, 0.1) is 0 Å². The Balaban J connectivity index is 1.31. The fourth-order valence-electron chi connectivity index (χ4n) is 3.70. The van der Waals surface area contributed by atoms with E-state index in [0.29, 0.717) is 39.3 Å². The Morgan fingerprint density at radius 1 is 1.06 bits per heavy atom. The number of nitrogens with zero attached hydrogens (tertiary/aromatic N) is 1. The Morgan fingerprint density at radius 2 is 1.87 bits per heavy atom. The molecule has 158 valence electrons. The van der Waals surface area contributed by atoms with Crippen molar-refractivity contribution in [3.05, 3.63) is 63.6 Å². The number of aryl methyl sites for hydroxylation is 1. The molecule has 9 heteroatoms. The summed E-state index contributed by atoms with van der Waals surface area (Å²) in [6, 6.07) is 12.0. The fraction of sp³-hybridized carbons (Fsp3) is 0.227. The van der Waals surface area contributed by atoms with Gasteiger partial charge in [0.15, 0.2) is 16.6 Å². The van der Waals surface area contributed by atoms with Gasteiger partial charge >= 0.3 is 0 Å². The van der Waals surface area contributed by atoms with Gasteiger partial charge in [0, 0.05) is 27.2 Å². The number of hydrogen-bond acceptors (Lipinski definition) is 6. The van der Waals surface area contributed by atoms with E-state index >= 15 is 0 Å². The Hall–Kier alpha value is -3.10. The lowest BCUT2D eigenvalue weighted by atomic mass is 9.90. The summed E-state index contributed by atoms with van der Waals surface area (Å²) in [5.41, 5.74) is 1.88. The molecule has 2 aromatic carbocycles. The van der Waals surface area contributed by atoms with Crippen LogP contribution in [-0.2, 0) is 11.2 Å². The quantitative estimate of drug-likeness (QED) is 0.587. The number of carbonyl (C=O) groups excluding carboxylic acids is 2. The zero-order chi connectivity index (χ0) is 21.4. The molecule has 2 aliphatic rings. The third kappa shape index (κ3) is 4.08. The largest absolute Gasteiger partial charge is 0.454 e. The topological polar surface area (TPSA) is 89.6 Å². The lowest BCUT2D eigenvalue weighted by Crippen LogP contribution is -2.24. The standard InChI is InChI=1S/C22H18ClN3O4S/c23-13-6-4-12(5-7-13)20(27)26-22-25-19-15(2-1-3-18(19)31-22)21(28)24-14-8-9-16-17(10-14)30-11-29-16/h4-10,15H,1-3,11H2,(H,24,28)(H,25,26,27). The predicted octanol–water partition coefficient (Wildman–Crippen LogP) is 4.84. The van der Waals surface area contributed by atoms with Crippen LogP contribution in [0.1, 0.15) is 39.7 Å². The van der Waals surface area contributed by atoms with Crippen molar-refractivity contribution in [1.82, 2.24) is 4.98 Å². The minimum atomic E-state index is -0.369. The van der Waals surface area contributed by atoms with Crippen LogP contribution in [0.5, 0.6) is 11.5 Å². The molecule has 7 nitrogen and oxygen atoms in total. The predicted molar refractivity (Wildman–Crippen MR) is 118 cm³/mol. The molecule has 3 aromatic rings. The zero-order valence-corrected chi connectivity index (χ0v) is 17.9. The van der Waals surface area contributed by atoms with E-state index in [2.05, 4.69) is 15.6 Å². The van der Waals surface area contributed by atoms with Gasteiger partial charge in [-0.05, 0) is 55.7 Å². The number of rotatable bonds is 4. The normalized spacial score (nSPS) is 16.5. The van der Waals surface area contributed by atoms with Gasteiger partial charge < -0.3 is 14.8 Å². The molecule has 0 bridgehead atoms. The highest BCUT2D eigenvalue weighted by molar-refractivity contribution is 7.16. The van der Waals surface area contributed by atoms with Gasteiger partial charge in [-0.15, -0.1) is 11.3 Å². The van der Waals surface area contributed by atoms with Crippen LogP contribution < -0.4 is 20.1 Å². The first-order valence-electron chi connectivity index (χ1n) is 9.84. The van der Waals surface area contributed by atoms with Gasteiger partial charge in [-0.1, -0.05) is 11.6 Å². The molecule has 1 aromatic heterocycles. The molecule has 0 saturated heterocycles. The van der Waals surface area contributed by atoms with E-state index < -0.39 is 0 Å². The zero-order valence-electron chi connectivity index (χ0n) is 16.3. The van der Waals surface area contributed by atoms with E-state index in [-0.39, 0.29) is 24.5 Å². The number of halogens is 1. The first-order chi connectivity index (χ1) is 15.1. The van der Waals surface area contributed by atoms with E-state index in [9.17, 15) is 9.59 Å². The molecule has 0 spiro atoms. The average Bonchev–Trinajstić information content (AvgIpc) is 3.39. The van der Waals surface area contributed by atoms with Crippen molar-refractivity contribution in [3.8, 4) is 11.5 Å². The van der Waals surface area contributed by atoms with Gasteiger partial charge in [0.2, 0.25) is 12.7 Å². The van der Waals surface area contributed by atoms with Crippen molar-refractivity contribution in [2.75, 3.05) is 17.4 Å². The molecule has 2 heterocycles. The lowest BCUT2D eigenvalue weighted by molar-refractivity contribution is -0.117. The summed E-state index contributed by atoms with van der Waals surface area (Å²) >= 11 is 7.30. The summed E-state index contributed by atoms with van der Waals surface area (Å²) in [7, 11) is 0. The molecular weight excluding hydrogens is 438 g/mol. The highest BCUT2D eigenvalue weighted by Crippen LogP contribution is 2.38. The van der Waals surface area contributed by atoms with Crippen molar-refractivity contribution in [2.24, 2.45) is 0 Å². The molecule has 1 atom stereocenters. The number of hydrogen-bond donors (Lipinski definition) is 2. The lowest BCUT2D eigenvalue weighted by Gasteiger charge is -2.20. The summed E-state index contributed by atoms with van der Waals surface area (Å²) in [6.07, 6.45) is 2.44. The minimum absolute atomic E-state index is 0.124. The van der Waals surface area contributed by atoms with E-state index in [0.717, 1.165) is 23.4 Å². The maximum Gasteiger partial charge on any atom is 0.257 e. The summed E-state index contributed by atoms with van der Waals surface area (Å²) in [5.74, 6) is 0.526. The SMILES string of the molecule is O=C(Nc1nc2c(s1)CCCC2C(=O)Nc1ccc2c(c1)OCO2)c1ccc(Cl)cc1. The number of fused-ring (bicyclic) bond motifs is 2. The van der Waals surface area contributed by atoms with E-state index in [1.165, 1.54) is 11.3 Å². The molecule has 0 radical (unpaired) electrons. The Morgan fingerprint density at radius 3 is 2.71 bits per heavy atom. The number of carbonyl (C=O) groups is 2. The van der Waals surface area contributed by atoms with Crippen molar-refractivity contribution >= 4 is 45.6 Å². The second-order valence-corrected chi connectivity index (χ2v) is 8.81. The summed E-state index contributed by atoms with van der Waals surface area (Å²) in [6.45, 7) is 0.183. The van der Waals surface area contributed by atoms with Crippen molar-refractivity contribution in [2.45, 2.75) is 25.2 Å². The number of nitrogens with one attached hydrogen (secondary N) is 2. The van der Waals surface area contributed by atoms with Crippen LogP contribution in [0.2, 0.25) is 5.02 Å². The Labute approximate surface area is 187 Å². The number of thiazole rings is 1. The van der Waals surface area contributed by atoms with E-state index in [1.54, 1.807) is 42.5 Å². The second-order valence-electron chi connectivity index (χ2n) is 7.29. The third-order valence-electron chi connectivity index (χ3n) is 5.24. The molecule has 5 rings (SSSR count). The molecule has 0 saturated carbocycles. The van der Waals surface area contributed by atoms with Gasteiger partial charge in [-0.2, -0.15) is 0 Å². The summed E-state index contributed by atoms with van der Waals surface area (Å²) in [4.78, 5) is 31.1. The van der Waals surface area contributed by atoms with Crippen LogP contribution >= 0.6 is 22.9 Å². The summed E-state index contributed by atoms with van der Waals surface area (Å²) < 4.78 is 10.7. The van der Waals surface area contributed by atoms with Gasteiger partial charge in [-0.25, -0.2) is 4.98 Å². The Kier molecular flexibility index (Phi) is 5.25. The maximum atomic E-state index is 13.0. The average molecular weight is 456 g/mol. The van der Waals surface area contributed by atoms with Gasteiger partial charge in [0.25, 0.3) is 5.91 Å². The molecule has 2 N–H and O–H groups in total. The van der Waals surface area contributed by atoms with Crippen molar-refractivity contribution in [1.29, 1.82) is 0 Å². The van der Waals surface area contributed by atoms with E-state index in [1.807, 2.05) is 0 Å². The maximum absolute atomic E-state index is 13.0. The van der Waals surface area contributed by atoms with Crippen LogP contribution in [-0.4, -0.2) is 23.6 Å². The summed E-state index contributed by atoms with van der Waals surface area (Å²) in [5, 5.41) is 6.85. The molecule has 1 aliphatic heterocycles. The van der Waals surface area contributed by atoms with Crippen molar-refractivity contribution in [3.63, 3.8) is 0 Å². The minimum Gasteiger partial charge on any atom is -0.454 e. The smallest absolute Gasteiger partial charge is 0.257 e. The van der Waals surface area contributed by atoms with Crippen LogP contribution in [0.3, 0.4) is 0 Å². The number of benzene rings is 2. The molecule has 31 heavy (non-hydrogen) atoms. The van der Waals surface area contributed by atoms with Gasteiger partial charge in [0.1, 0.15) is 0 Å². The molecule has 0 fully saturated rings. The number of anilines is 2. The molecule has 1 aliphatic carbocycles. The van der Waals surface area contributed by atoms with Gasteiger partial charge in [0.05, 0.1) is 11.6 Å².